The quantitative estimate of drug-likeness (QED) is 0.588. The van der Waals surface area contributed by atoms with Gasteiger partial charge in [0.15, 0.2) is 5.65 Å². The first-order valence-electron chi connectivity index (χ1n) is 8.18. The number of thioether (sulfide) groups is 1. The van der Waals surface area contributed by atoms with E-state index in [1.54, 1.807) is 11.8 Å². The van der Waals surface area contributed by atoms with Crippen LogP contribution in [0.4, 0.5) is 0 Å². The van der Waals surface area contributed by atoms with Crippen LogP contribution >= 0.6 is 11.8 Å². The maximum absolute atomic E-state index is 5.92. The van der Waals surface area contributed by atoms with Gasteiger partial charge in [0.25, 0.3) is 0 Å². The lowest BCUT2D eigenvalue weighted by molar-refractivity contribution is 0.269. The van der Waals surface area contributed by atoms with Crippen LogP contribution < -0.4 is 4.74 Å². The Morgan fingerprint density at radius 1 is 1.21 bits per heavy atom. The Kier molecular flexibility index (Phi) is 4.40. The Morgan fingerprint density at radius 3 is 3.12 bits per heavy atom. The fourth-order valence-corrected chi connectivity index (χ4v) is 3.75. The van der Waals surface area contributed by atoms with Crippen LogP contribution in [0, 0.1) is 0 Å². The van der Waals surface area contributed by atoms with E-state index in [-0.39, 0.29) is 0 Å². The second-order valence-corrected chi connectivity index (χ2v) is 7.09. The molecule has 3 aromatic rings. The van der Waals surface area contributed by atoms with Crippen LogP contribution in [0.25, 0.3) is 16.8 Å². The Balaban J connectivity index is 1.76. The molecule has 1 aliphatic heterocycles. The van der Waals surface area contributed by atoms with Crippen LogP contribution in [0.1, 0.15) is 6.42 Å². The highest BCUT2D eigenvalue weighted by molar-refractivity contribution is 7.99. The number of ether oxygens (including phenoxy) is 1. The molecule has 0 atom stereocenters. The molecule has 4 bridgehead atoms. The summed E-state index contributed by atoms with van der Waals surface area (Å²) in [6, 6.07) is 10.2. The van der Waals surface area contributed by atoms with Crippen molar-refractivity contribution in [3.05, 3.63) is 42.7 Å². The minimum absolute atomic E-state index is 0.733. The van der Waals surface area contributed by atoms with Crippen molar-refractivity contribution in [3.8, 4) is 16.9 Å². The van der Waals surface area contributed by atoms with E-state index in [1.165, 1.54) is 0 Å². The van der Waals surface area contributed by atoms with Gasteiger partial charge in [-0.3, -0.25) is 0 Å². The summed E-state index contributed by atoms with van der Waals surface area (Å²) in [5.74, 6) is 1.92. The molecular formula is C18H20N4OS. The lowest BCUT2D eigenvalue weighted by atomic mass is 10.1. The van der Waals surface area contributed by atoms with Crippen molar-refractivity contribution in [2.24, 2.45) is 0 Å². The molecule has 4 rings (SSSR count). The molecular weight excluding hydrogens is 320 g/mol. The molecule has 6 heteroatoms. The summed E-state index contributed by atoms with van der Waals surface area (Å²) < 4.78 is 7.75. The maximum Gasteiger partial charge on any atom is 0.164 e. The number of nitrogens with zero attached hydrogens (tertiary/aromatic N) is 4. The largest absolute Gasteiger partial charge is 0.494 e. The number of hydrogen-bond donors (Lipinski definition) is 0. The molecule has 1 aromatic carbocycles. The van der Waals surface area contributed by atoms with Gasteiger partial charge in [0.2, 0.25) is 0 Å². The Bertz CT molecular complexity index is 848. The first-order valence-corrected chi connectivity index (χ1v) is 9.17. The summed E-state index contributed by atoms with van der Waals surface area (Å²) in [6.07, 6.45) is 4.88. The van der Waals surface area contributed by atoms with Crippen molar-refractivity contribution in [2.45, 2.75) is 11.4 Å². The Hall–Kier alpha value is -2.05. The van der Waals surface area contributed by atoms with Gasteiger partial charge in [0.1, 0.15) is 10.8 Å². The van der Waals surface area contributed by atoms with Crippen LogP contribution in [0.3, 0.4) is 0 Å². The van der Waals surface area contributed by atoms with Gasteiger partial charge in [0.05, 0.1) is 12.8 Å². The van der Waals surface area contributed by atoms with Gasteiger partial charge in [-0.15, -0.1) is 11.8 Å². The van der Waals surface area contributed by atoms with E-state index in [9.17, 15) is 0 Å². The summed E-state index contributed by atoms with van der Waals surface area (Å²) in [5, 5.41) is 5.47. The third kappa shape index (κ3) is 3.25. The number of benzene rings is 1. The molecule has 0 N–H and O–H groups in total. The summed E-state index contributed by atoms with van der Waals surface area (Å²) >= 11 is 1.79. The SMILES string of the molecule is CN1CCCOc2cccc(c2)-c2cnn3ccc(nc23)SCC1. The number of fused-ring (bicyclic) bond motifs is 4. The molecule has 0 saturated heterocycles. The van der Waals surface area contributed by atoms with Crippen LogP contribution in [0.15, 0.2) is 47.8 Å². The van der Waals surface area contributed by atoms with Crippen molar-refractivity contribution in [3.63, 3.8) is 0 Å². The zero-order valence-electron chi connectivity index (χ0n) is 13.7. The van der Waals surface area contributed by atoms with E-state index in [0.717, 1.165) is 59.4 Å². The molecule has 3 heterocycles. The second kappa shape index (κ2) is 6.83. The normalized spacial score (nSPS) is 16.5. The number of rotatable bonds is 0. The Labute approximate surface area is 145 Å². The van der Waals surface area contributed by atoms with Gasteiger partial charge >= 0.3 is 0 Å². The highest BCUT2D eigenvalue weighted by Gasteiger charge is 2.11. The zero-order valence-corrected chi connectivity index (χ0v) is 14.5. The summed E-state index contributed by atoms with van der Waals surface area (Å²) in [4.78, 5) is 7.15. The smallest absolute Gasteiger partial charge is 0.164 e. The Morgan fingerprint density at radius 2 is 2.17 bits per heavy atom. The van der Waals surface area contributed by atoms with Gasteiger partial charge in [-0.2, -0.15) is 5.10 Å². The average molecular weight is 340 g/mol. The van der Waals surface area contributed by atoms with Crippen LogP contribution in [-0.4, -0.2) is 52.0 Å². The van der Waals surface area contributed by atoms with Crippen molar-refractivity contribution in [2.75, 3.05) is 32.5 Å². The molecule has 24 heavy (non-hydrogen) atoms. The second-order valence-electron chi connectivity index (χ2n) is 5.97. The molecule has 0 amide bonds. The highest BCUT2D eigenvalue weighted by atomic mass is 32.2. The maximum atomic E-state index is 5.92. The fourth-order valence-electron chi connectivity index (χ4n) is 2.83. The van der Waals surface area contributed by atoms with Gasteiger partial charge in [-0.1, -0.05) is 12.1 Å². The number of aromatic nitrogens is 3. The zero-order chi connectivity index (χ0) is 16.4. The monoisotopic (exact) mass is 340 g/mol. The summed E-state index contributed by atoms with van der Waals surface area (Å²) in [7, 11) is 2.16. The molecule has 124 valence electrons. The summed E-state index contributed by atoms with van der Waals surface area (Å²) in [5.41, 5.74) is 3.01. The molecule has 2 aromatic heterocycles. The van der Waals surface area contributed by atoms with Crippen molar-refractivity contribution >= 4 is 17.4 Å². The number of hydrogen-bond acceptors (Lipinski definition) is 5. The van der Waals surface area contributed by atoms with Crippen molar-refractivity contribution in [1.29, 1.82) is 0 Å². The fraction of sp³-hybridized carbons (Fsp3) is 0.333. The van der Waals surface area contributed by atoms with Crippen LogP contribution in [0.5, 0.6) is 5.75 Å². The first kappa shape index (κ1) is 15.5. The van der Waals surface area contributed by atoms with E-state index in [4.69, 9.17) is 9.72 Å². The predicted molar refractivity (Wildman–Crippen MR) is 96.8 cm³/mol. The molecule has 0 fully saturated rings. The van der Waals surface area contributed by atoms with Gasteiger partial charge in [0, 0.05) is 30.6 Å². The minimum Gasteiger partial charge on any atom is -0.494 e. The third-order valence-electron chi connectivity index (χ3n) is 4.16. The van der Waals surface area contributed by atoms with Crippen LogP contribution in [-0.2, 0) is 0 Å². The van der Waals surface area contributed by atoms with Crippen LogP contribution in [0.2, 0.25) is 0 Å². The molecule has 0 aliphatic carbocycles. The third-order valence-corrected chi connectivity index (χ3v) is 5.07. The molecule has 1 aliphatic rings. The van der Waals surface area contributed by atoms with E-state index in [1.807, 2.05) is 35.1 Å². The molecule has 0 spiro atoms. The van der Waals surface area contributed by atoms with E-state index >= 15 is 0 Å². The van der Waals surface area contributed by atoms with Gasteiger partial charge in [-0.25, -0.2) is 9.50 Å². The first-order chi connectivity index (χ1) is 11.8. The van der Waals surface area contributed by atoms with E-state index in [0.29, 0.717) is 0 Å². The van der Waals surface area contributed by atoms with E-state index in [2.05, 4.69) is 29.2 Å². The highest BCUT2D eigenvalue weighted by Crippen LogP contribution is 2.28. The topological polar surface area (TPSA) is 42.7 Å². The van der Waals surface area contributed by atoms with Gasteiger partial charge in [-0.05, 0) is 37.2 Å². The van der Waals surface area contributed by atoms with Gasteiger partial charge < -0.3 is 9.64 Å². The lowest BCUT2D eigenvalue weighted by Gasteiger charge is -2.16. The summed E-state index contributed by atoms with van der Waals surface area (Å²) in [6.45, 7) is 2.81. The molecule has 0 saturated carbocycles. The van der Waals surface area contributed by atoms with Crippen molar-refractivity contribution in [1.82, 2.24) is 19.5 Å². The standard InChI is InChI=1S/C18H20N4OS/c1-21-7-3-10-23-15-5-2-4-14(12-15)16-13-19-22-8-6-17(20-18(16)22)24-11-9-21/h2,4-6,8,12-13H,3,7,9-11H2,1H3. The molecule has 0 radical (unpaired) electrons. The predicted octanol–water partition coefficient (Wildman–Crippen LogP) is 3.20. The minimum atomic E-state index is 0.733. The van der Waals surface area contributed by atoms with Crippen molar-refractivity contribution < 1.29 is 4.74 Å². The molecule has 0 unspecified atom stereocenters. The lowest BCUT2D eigenvalue weighted by Crippen LogP contribution is -2.23. The average Bonchev–Trinajstić information content (AvgIpc) is 3.01. The molecule has 5 nitrogen and oxygen atoms in total. The van der Waals surface area contributed by atoms with E-state index < -0.39 is 0 Å².